The summed E-state index contributed by atoms with van der Waals surface area (Å²) in [6, 6.07) is 5.93. The molecule has 0 aromatic heterocycles. The highest BCUT2D eigenvalue weighted by atomic mass is 16.7. The van der Waals surface area contributed by atoms with Gasteiger partial charge >= 0.3 is 0 Å². The van der Waals surface area contributed by atoms with E-state index in [0.717, 1.165) is 30.2 Å². The molecule has 0 bridgehead atoms. The van der Waals surface area contributed by atoms with Crippen molar-refractivity contribution in [2.24, 2.45) is 0 Å². The molecule has 2 aromatic rings. The highest BCUT2D eigenvalue weighted by molar-refractivity contribution is 5.65. The van der Waals surface area contributed by atoms with Gasteiger partial charge in [0, 0.05) is 18.2 Å². The van der Waals surface area contributed by atoms with E-state index in [1.807, 2.05) is 13.1 Å². The maximum Gasteiger partial charge on any atom is 0.273 e. The Balaban J connectivity index is 1.76. The molecule has 2 aliphatic rings. The molecule has 4 rings (SSSR count). The number of rotatable bonds is 4. The molecule has 0 spiro atoms. The van der Waals surface area contributed by atoms with E-state index in [2.05, 4.69) is 10.2 Å². The number of methoxy groups -OCH3 is 1. The van der Waals surface area contributed by atoms with Crippen LogP contribution >= 0.6 is 0 Å². The Hall–Kier alpha value is -3.20. The number of fused-ring (bicyclic) bond motifs is 2. The number of hydrogen-bond acceptors (Lipinski definition) is 8. The summed E-state index contributed by atoms with van der Waals surface area (Å²) in [5.41, 5.74) is 2.18. The van der Waals surface area contributed by atoms with Gasteiger partial charge in [-0.15, -0.1) is 0 Å². The smallest absolute Gasteiger partial charge is 0.273 e. The van der Waals surface area contributed by atoms with Gasteiger partial charge in [0.2, 0.25) is 12.5 Å². The van der Waals surface area contributed by atoms with E-state index in [9.17, 15) is 15.2 Å². The summed E-state index contributed by atoms with van der Waals surface area (Å²) < 4.78 is 16.7. The number of anilines is 1. The monoisotopic (exact) mass is 373 g/mol. The number of nitro benzene ring substituents is 1. The Labute approximate surface area is 155 Å². The maximum absolute atomic E-state index is 10.9. The second-order valence-electron chi connectivity index (χ2n) is 6.45. The number of hydrogen-bond donors (Lipinski definition) is 2. The summed E-state index contributed by atoms with van der Waals surface area (Å²) in [5, 5.41) is 24.4. The zero-order chi connectivity index (χ0) is 19.1. The molecule has 0 fully saturated rings. The zero-order valence-corrected chi connectivity index (χ0v) is 14.9. The third-order valence-corrected chi connectivity index (χ3v) is 4.88. The van der Waals surface area contributed by atoms with E-state index in [0.29, 0.717) is 22.9 Å². The number of phenolic OH excluding ortho intramolecular Hbond substituents is 1. The molecule has 9 nitrogen and oxygen atoms in total. The summed E-state index contributed by atoms with van der Waals surface area (Å²) in [6.45, 7) is 0.923. The van der Waals surface area contributed by atoms with Crippen LogP contribution in [-0.4, -0.2) is 42.4 Å². The Bertz CT molecular complexity index is 916. The lowest BCUT2D eigenvalue weighted by Crippen LogP contribution is -2.37. The Morgan fingerprint density at radius 3 is 2.89 bits per heavy atom. The molecule has 0 radical (unpaired) electrons. The lowest BCUT2D eigenvalue weighted by atomic mass is 9.94. The molecule has 2 aromatic carbocycles. The molecule has 0 saturated carbocycles. The number of nitro groups is 1. The molecule has 2 N–H and O–H groups in total. The molecular formula is C18H19N3O6. The van der Waals surface area contributed by atoms with Crippen LogP contribution < -0.4 is 19.5 Å². The fourth-order valence-electron chi connectivity index (χ4n) is 3.52. The minimum Gasteiger partial charge on any atom is -0.506 e. The first-order valence-electron chi connectivity index (χ1n) is 8.43. The van der Waals surface area contributed by atoms with E-state index < -0.39 is 4.92 Å². The predicted molar refractivity (Wildman–Crippen MR) is 96.6 cm³/mol. The number of benzene rings is 2. The molecule has 0 saturated heterocycles. The number of nitrogens with zero attached hydrogens (tertiary/aromatic N) is 2. The highest BCUT2D eigenvalue weighted by Crippen LogP contribution is 2.49. The van der Waals surface area contributed by atoms with Gasteiger partial charge in [-0.1, -0.05) is 0 Å². The Kier molecular flexibility index (Phi) is 4.15. The highest BCUT2D eigenvalue weighted by Gasteiger charge is 2.34. The van der Waals surface area contributed by atoms with E-state index >= 15 is 0 Å². The molecule has 9 heteroatoms. The molecule has 0 aliphatic carbocycles. The molecule has 27 heavy (non-hydrogen) atoms. The first-order valence-corrected chi connectivity index (χ1v) is 8.43. The number of aromatic hydroxyl groups is 1. The fourth-order valence-corrected chi connectivity index (χ4v) is 3.52. The van der Waals surface area contributed by atoms with Crippen molar-refractivity contribution in [1.29, 1.82) is 0 Å². The fraction of sp³-hybridized carbons (Fsp3) is 0.333. The van der Waals surface area contributed by atoms with Gasteiger partial charge < -0.3 is 24.6 Å². The third-order valence-electron chi connectivity index (χ3n) is 4.88. The molecular weight excluding hydrogens is 354 g/mol. The van der Waals surface area contributed by atoms with Gasteiger partial charge in [-0.25, -0.2) is 0 Å². The summed E-state index contributed by atoms with van der Waals surface area (Å²) in [6.07, 6.45) is 0.494. The topological polar surface area (TPSA) is 106 Å². The molecule has 2 aliphatic heterocycles. The van der Waals surface area contributed by atoms with Gasteiger partial charge in [0.1, 0.15) is 11.9 Å². The maximum atomic E-state index is 10.9. The van der Waals surface area contributed by atoms with Crippen molar-refractivity contribution in [3.63, 3.8) is 0 Å². The second kappa shape index (κ2) is 6.51. The van der Waals surface area contributed by atoms with Gasteiger partial charge in [0.25, 0.3) is 5.69 Å². The summed E-state index contributed by atoms with van der Waals surface area (Å²) in [7, 11) is 3.53. The van der Waals surface area contributed by atoms with E-state index in [-0.39, 0.29) is 24.4 Å². The largest absolute Gasteiger partial charge is 0.506 e. The van der Waals surface area contributed by atoms with Crippen LogP contribution in [0, 0.1) is 10.1 Å². The minimum absolute atomic E-state index is 0.145. The van der Waals surface area contributed by atoms with Crippen molar-refractivity contribution in [1.82, 2.24) is 4.90 Å². The summed E-state index contributed by atoms with van der Waals surface area (Å²) in [4.78, 5) is 12.4. The first kappa shape index (κ1) is 17.2. The van der Waals surface area contributed by atoms with Gasteiger partial charge in [-0.05, 0) is 31.2 Å². The lowest BCUT2D eigenvalue weighted by molar-refractivity contribution is -0.384. The average Bonchev–Trinajstić information content (AvgIpc) is 3.11. The SMILES string of the molecule is COc1c2c(cc3c1C(Nc1ccc([N+](=O)[O-])cc1O)N(C)CC3)OCO2. The first-order chi connectivity index (χ1) is 13.0. The van der Waals surface area contributed by atoms with Gasteiger partial charge in [-0.2, -0.15) is 0 Å². The van der Waals surface area contributed by atoms with Crippen molar-refractivity contribution in [3.05, 3.63) is 45.5 Å². The van der Waals surface area contributed by atoms with Crippen molar-refractivity contribution >= 4 is 11.4 Å². The second-order valence-corrected chi connectivity index (χ2v) is 6.45. The van der Waals surface area contributed by atoms with E-state index in [1.165, 1.54) is 12.1 Å². The van der Waals surface area contributed by atoms with Crippen molar-refractivity contribution < 1.29 is 24.2 Å². The molecule has 142 valence electrons. The van der Waals surface area contributed by atoms with E-state index in [1.54, 1.807) is 7.11 Å². The zero-order valence-electron chi connectivity index (χ0n) is 14.9. The van der Waals surface area contributed by atoms with Crippen LogP contribution in [0.15, 0.2) is 24.3 Å². The summed E-state index contributed by atoms with van der Waals surface area (Å²) in [5.74, 6) is 1.62. The Morgan fingerprint density at radius 1 is 1.37 bits per heavy atom. The van der Waals surface area contributed by atoms with E-state index in [4.69, 9.17) is 14.2 Å². The number of nitrogens with one attached hydrogen (secondary N) is 1. The number of ether oxygens (including phenoxy) is 3. The van der Waals surface area contributed by atoms with Gasteiger partial charge in [-0.3, -0.25) is 15.0 Å². The minimum atomic E-state index is -0.546. The average molecular weight is 373 g/mol. The number of likely N-dealkylation sites (N-methyl/N-ethyl adjacent to an activating group) is 1. The van der Waals surface area contributed by atoms with Crippen molar-refractivity contribution in [3.8, 4) is 23.0 Å². The lowest BCUT2D eigenvalue weighted by Gasteiger charge is -2.36. The van der Waals surface area contributed by atoms with Gasteiger partial charge in [0.15, 0.2) is 11.5 Å². The number of phenols is 1. The van der Waals surface area contributed by atoms with Crippen molar-refractivity contribution in [2.45, 2.75) is 12.6 Å². The van der Waals surface area contributed by atoms with Crippen LogP contribution in [0.1, 0.15) is 17.3 Å². The van der Waals surface area contributed by atoms with Crippen LogP contribution in [0.4, 0.5) is 11.4 Å². The van der Waals surface area contributed by atoms with Crippen LogP contribution in [0.5, 0.6) is 23.0 Å². The van der Waals surface area contributed by atoms with Crippen LogP contribution in [0.25, 0.3) is 0 Å². The predicted octanol–water partition coefficient (Wildman–Crippen LogP) is 2.64. The number of non-ortho nitro benzene ring substituents is 1. The van der Waals surface area contributed by atoms with Crippen LogP contribution in [0.2, 0.25) is 0 Å². The van der Waals surface area contributed by atoms with Crippen LogP contribution in [0.3, 0.4) is 0 Å². The standard InChI is InChI=1S/C18H19N3O6/c1-20-6-5-10-7-14-16(27-9-26-14)17(25-2)15(10)18(20)19-12-4-3-11(21(23)24)8-13(12)22/h3-4,7-8,18-19,22H,5-6,9H2,1-2H3. The quantitative estimate of drug-likeness (QED) is 0.479. The summed E-state index contributed by atoms with van der Waals surface area (Å²) >= 11 is 0. The normalized spacial score (nSPS) is 18.1. The van der Waals surface area contributed by atoms with Crippen molar-refractivity contribution in [2.75, 3.05) is 32.8 Å². The molecule has 0 amide bonds. The Morgan fingerprint density at radius 2 is 2.19 bits per heavy atom. The molecule has 1 atom stereocenters. The van der Waals surface area contributed by atoms with Gasteiger partial charge in [0.05, 0.1) is 23.8 Å². The molecule has 1 unspecified atom stereocenters. The molecule has 2 heterocycles. The third kappa shape index (κ3) is 2.85. The van der Waals surface area contributed by atoms with Crippen LogP contribution in [-0.2, 0) is 6.42 Å².